The molecule has 3 rings (SSSR count). The monoisotopic (exact) mass is 376 g/mol. The molecule has 1 aliphatic rings. The van der Waals surface area contributed by atoms with Crippen molar-refractivity contribution in [2.45, 2.75) is 45.2 Å². The van der Waals surface area contributed by atoms with Gasteiger partial charge >= 0.3 is 0 Å². The maximum Gasteiger partial charge on any atom is 0.242 e. The van der Waals surface area contributed by atoms with Crippen molar-refractivity contribution >= 4 is 34.5 Å². The highest BCUT2D eigenvalue weighted by molar-refractivity contribution is 7.10. The molecule has 0 aliphatic heterocycles. The molecule has 2 aromatic heterocycles. The van der Waals surface area contributed by atoms with Crippen LogP contribution < -0.4 is 5.32 Å². The van der Waals surface area contributed by atoms with Crippen molar-refractivity contribution in [1.29, 1.82) is 0 Å². The molecule has 4 nitrogen and oxygen atoms in total. The minimum atomic E-state index is -0.0263. The van der Waals surface area contributed by atoms with Crippen LogP contribution in [0.25, 0.3) is 0 Å². The summed E-state index contributed by atoms with van der Waals surface area (Å²) in [4.78, 5) is 28.9. The second kappa shape index (κ2) is 9.15. The van der Waals surface area contributed by atoms with Crippen LogP contribution in [0, 0.1) is 5.92 Å². The Kier molecular flexibility index (Phi) is 6.64. The van der Waals surface area contributed by atoms with Gasteiger partial charge in [-0.3, -0.25) is 9.59 Å². The van der Waals surface area contributed by atoms with Crippen molar-refractivity contribution in [3.8, 4) is 0 Å². The van der Waals surface area contributed by atoms with Gasteiger partial charge in [0.05, 0.1) is 19.6 Å². The Bertz CT molecular complexity index is 625. The number of hydrogen-bond donors (Lipinski definition) is 1. The highest BCUT2D eigenvalue weighted by atomic mass is 32.1. The van der Waals surface area contributed by atoms with Crippen LogP contribution >= 0.6 is 22.7 Å². The molecule has 1 N–H and O–H groups in total. The number of thiophene rings is 2. The average Bonchev–Trinajstić information content (AvgIpc) is 3.35. The van der Waals surface area contributed by atoms with E-state index in [1.165, 1.54) is 12.8 Å². The largest absolute Gasteiger partial charge is 0.347 e. The number of nitrogens with zero attached hydrogens (tertiary/aromatic N) is 1. The molecule has 0 aromatic carbocycles. The summed E-state index contributed by atoms with van der Waals surface area (Å²) in [6, 6.07) is 8.07. The van der Waals surface area contributed by atoms with E-state index in [0.717, 1.165) is 22.6 Å². The highest BCUT2D eigenvalue weighted by Gasteiger charge is 2.20. The standard InChI is InChI=1S/C19H24N2O2S2/c22-18(11-15-5-1-2-6-15)20-12-19(23)21(13-16-7-3-9-24-16)14-17-8-4-10-25-17/h3-4,7-10,15H,1-2,5-6,11-14H2,(H,20,22). The zero-order valence-electron chi connectivity index (χ0n) is 14.3. The van der Waals surface area contributed by atoms with E-state index in [4.69, 9.17) is 0 Å². The van der Waals surface area contributed by atoms with Gasteiger partial charge in [0.1, 0.15) is 0 Å². The van der Waals surface area contributed by atoms with E-state index in [0.29, 0.717) is 25.4 Å². The van der Waals surface area contributed by atoms with Gasteiger partial charge in [0.15, 0.2) is 0 Å². The summed E-state index contributed by atoms with van der Waals surface area (Å²) < 4.78 is 0. The molecular formula is C19H24N2O2S2. The Morgan fingerprint density at radius 1 is 1.04 bits per heavy atom. The third-order valence-corrected chi connectivity index (χ3v) is 6.31. The topological polar surface area (TPSA) is 49.4 Å². The molecule has 0 saturated heterocycles. The van der Waals surface area contributed by atoms with E-state index in [-0.39, 0.29) is 18.4 Å². The normalized spacial score (nSPS) is 14.6. The molecule has 0 radical (unpaired) electrons. The van der Waals surface area contributed by atoms with E-state index in [2.05, 4.69) is 5.32 Å². The van der Waals surface area contributed by atoms with Crippen molar-refractivity contribution in [2.24, 2.45) is 5.92 Å². The number of hydrogen-bond acceptors (Lipinski definition) is 4. The summed E-state index contributed by atoms with van der Waals surface area (Å²) in [5, 5.41) is 6.87. The summed E-state index contributed by atoms with van der Waals surface area (Å²) in [6.45, 7) is 1.27. The molecular weight excluding hydrogens is 352 g/mol. The zero-order valence-corrected chi connectivity index (χ0v) is 15.9. The summed E-state index contributed by atoms with van der Waals surface area (Å²) in [7, 11) is 0. The zero-order chi connectivity index (χ0) is 17.5. The lowest BCUT2D eigenvalue weighted by atomic mass is 10.0. The van der Waals surface area contributed by atoms with Crippen LogP contribution in [-0.4, -0.2) is 23.3 Å². The van der Waals surface area contributed by atoms with Crippen LogP contribution in [-0.2, 0) is 22.7 Å². The summed E-state index contributed by atoms with van der Waals surface area (Å²) in [5.74, 6) is 0.484. The fourth-order valence-corrected chi connectivity index (χ4v) is 4.69. The van der Waals surface area contributed by atoms with Crippen LogP contribution in [0.15, 0.2) is 35.0 Å². The van der Waals surface area contributed by atoms with Gasteiger partial charge in [0, 0.05) is 16.2 Å². The SMILES string of the molecule is O=C(CC1CCCC1)NCC(=O)N(Cc1cccs1)Cc1cccs1. The number of rotatable bonds is 8. The van der Waals surface area contributed by atoms with Gasteiger partial charge in [0.25, 0.3) is 0 Å². The molecule has 0 bridgehead atoms. The molecule has 1 aliphatic carbocycles. The fourth-order valence-electron chi connectivity index (χ4n) is 3.25. The van der Waals surface area contributed by atoms with Gasteiger partial charge in [0.2, 0.25) is 11.8 Å². The first kappa shape index (κ1) is 18.1. The van der Waals surface area contributed by atoms with Crippen molar-refractivity contribution in [3.63, 3.8) is 0 Å². The smallest absolute Gasteiger partial charge is 0.242 e. The molecule has 2 aromatic rings. The average molecular weight is 377 g/mol. The molecule has 0 spiro atoms. The first-order valence-corrected chi connectivity index (χ1v) is 10.6. The molecule has 0 atom stereocenters. The number of nitrogens with one attached hydrogen (secondary N) is 1. The first-order valence-electron chi connectivity index (χ1n) is 8.80. The predicted octanol–water partition coefficient (Wildman–Crippen LogP) is 4.03. The van der Waals surface area contributed by atoms with E-state index in [1.54, 1.807) is 22.7 Å². The fraction of sp³-hybridized carbons (Fsp3) is 0.474. The van der Waals surface area contributed by atoms with E-state index in [9.17, 15) is 9.59 Å². The van der Waals surface area contributed by atoms with E-state index < -0.39 is 0 Å². The minimum absolute atomic E-state index is 0.00690. The van der Waals surface area contributed by atoms with Crippen LogP contribution in [0.4, 0.5) is 0 Å². The van der Waals surface area contributed by atoms with Crippen molar-refractivity contribution in [1.82, 2.24) is 10.2 Å². The number of amides is 2. The van der Waals surface area contributed by atoms with Crippen molar-refractivity contribution in [3.05, 3.63) is 44.8 Å². The molecule has 25 heavy (non-hydrogen) atoms. The van der Waals surface area contributed by atoms with Crippen molar-refractivity contribution < 1.29 is 9.59 Å². The van der Waals surface area contributed by atoms with Gasteiger partial charge in [-0.25, -0.2) is 0 Å². The summed E-state index contributed by atoms with van der Waals surface area (Å²) in [6.07, 6.45) is 5.30. The predicted molar refractivity (Wildman–Crippen MR) is 102 cm³/mol. The van der Waals surface area contributed by atoms with Crippen LogP contribution in [0.2, 0.25) is 0 Å². The maximum atomic E-state index is 12.7. The first-order chi connectivity index (χ1) is 12.2. The molecule has 1 fully saturated rings. The Hall–Kier alpha value is -1.66. The lowest BCUT2D eigenvalue weighted by Gasteiger charge is -2.22. The Labute approximate surface area is 156 Å². The molecule has 1 saturated carbocycles. The molecule has 0 unspecified atom stereocenters. The van der Waals surface area contributed by atoms with Crippen LogP contribution in [0.3, 0.4) is 0 Å². The number of carbonyl (C=O) groups excluding carboxylic acids is 2. The quantitative estimate of drug-likeness (QED) is 0.756. The van der Waals surface area contributed by atoms with Gasteiger partial charge in [-0.15, -0.1) is 22.7 Å². The third kappa shape index (κ3) is 5.68. The van der Waals surface area contributed by atoms with E-state index >= 15 is 0 Å². The highest BCUT2D eigenvalue weighted by Crippen LogP contribution is 2.27. The van der Waals surface area contributed by atoms with Gasteiger partial charge < -0.3 is 10.2 Å². The molecule has 2 heterocycles. The van der Waals surface area contributed by atoms with Crippen molar-refractivity contribution in [2.75, 3.05) is 6.54 Å². The summed E-state index contributed by atoms with van der Waals surface area (Å²) >= 11 is 3.30. The summed E-state index contributed by atoms with van der Waals surface area (Å²) in [5.41, 5.74) is 0. The second-order valence-corrected chi connectivity index (χ2v) is 8.60. The van der Waals surface area contributed by atoms with Crippen LogP contribution in [0.5, 0.6) is 0 Å². The molecule has 134 valence electrons. The molecule has 6 heteroatoms. The number of carbonyl (C=O) groups is 2. The Balaban J connectivity index is 1.53. The lowest BCUT2D eigenvalue weighted by Crippen LogP contribution is -2.39. The minimum Gasteiger partial charge on any atom is -0.347 e. The van der Waals surface area contributed by atoms with Gasteiger partial charge in [-0.2, -0.15) is 0 Å². The van der Waals surface area contributed by atoms with Gasteiger partial charge in [-0.05, 0) is 41.7 Å². The molecule has 2 amide bonds. The maximum absolute atomic E-state index is 12.7. The van der Waals surface area contributed by atoms with E-state index in [1.807, 2.05) is 39.9 Å². The van der Waals surface area contributed by atoms with Crippen LogP contribution in [0.1, 0.15) is 41.9 Å². The third-order valence-electron chi connectivity index (χ3n) is 4.59. The lowest BCUT2D eigenvalue weighted by molar-refractivity contribution is -0.134. The van der Waals surface area contributed by atoms with Gasteiger partial charge in [-0.1, -0.05) is 25.0 Å². The Morgan fingerprint density at radius 3 is 2.16 bits per heavy atom. The Morgan fingerprint density at radius 2 is 1.64 bits per heavy atom. The second-order valence-electron chi connectivity index (χ2n) is 6.54.